The monoisotopic (exact) mass is 214 g/mol. The fraction of sp³-hybridized carbons (Fsp3) is 0.909. The first kappa shape index (κ1) is 12.5. The quantitative estimate of drug-likeness (QED) is 0.729. The number of hydrogen-bond donors (Lipinski definition) is 1. The molecule has 0 aromatic rings. The molecule has 0 aliphatic carbocycles. The van der Waals surface area contributed by atoms with Crippen LogP contribution < -0.4 is 5.32 Å². The van der Waals surface area contributed by atoms with Gasteiger partial charge in [-0.3, -0.25) is 4.79 Å². The zero-order chi connectivity index (χ0) is 11.3. The number of carbonyl (C=O) groups excluding carboxylic acids is 1. The minimum absolute atomic E-state index is 0.262. The number of piperidine rings is 1. The largest absolute Gasteiger partial charge is 0.385 e. The maximum absolute atomic E-state index is 11.3. The van der Waals surface area contributed by atoms with Crippen molar-refractivity contribution in [3.05, 3.63) is 0 Å². The number of hydrogen-bond acceptors (Lipinski definition) is 3. The SMILES string of the molecule is COCCC(C)NC1CCC(=O)N(C)C1. The van der Waals surface area contributed by atoms with Crippen molar-refractivity contribution in [1.29, 1.82) is 0 Å². The first-order chi connectivity index (χ1) is 7.13. The van der Waals surface area contributed by atoms with Gasteiger partial charge in [-0.05, 0) is 19.8 Å². The Labute approximate surface area is 92.0 Å². The topological polar surface area (TPSA) is 41.6 Å². The molecular formula is C11H22N2O2. The molecule has 1 aliphatic heterocycles. The van der Waals surface area contributed by atoms with Gasteiger partial charge >= 0.3 is 0 Å². The van der Waals surface area contributed by atoms with Crippen LogP contribution in [0.4, 0.5) is 0 Å². The summed E-state index contributed by atoms with van der Waals surface area (Å²) in [6.07, 6.45) is 2.65. The van der Waals surface area contributed by atoms with E-state index in [1.54, 1.807) is 7.11 Å². The van der Waals surface area contributed by atoms with Crippen molar-refractivity contribution in [2.75, 3.05) is 27.3 Å². The second-order valence-electron chi connectivity index (χ2n) is 4.36. The van der Waals surface area contributed by atoms with Crippen molar-refractivity contribution >= 4 is 5.91 Å². The minimum atomic E-state index is 0.262. The van der Waals surface area contributed by atoms with Gasteiger partial charge in [0.2, 0.25) is 5.91 Å². The fourth-order valence-electron chi connectivity index (χ4n) is 1.93. The average molecular weight is 214 g/mol. The summed E-state index contributed by atoms with van der Waals surface area (Å²) < 4.78 is 5.04. The Hall–Kier alpha value is -0.610. The molecule has 2 unspecified atom stereocenters. The highest BCUT2D eigenvalue weighted by Gasteiger charge is 2.23. The zero-order valence-corrected chi connectivity index (χ0v) is 9.95. The first-order valence-electron chi connectivity index (χ1n) is 5.62. The van der Waals surface area contributed by atoms with Crippen LogP contribution in [0.1, 0.15) is 26.2 Å². The van der Waals surface area contributed by atoms with Gasteiger partial charge in [0.1, 0.15) is 0 Å². The maximum atomic E-state index is 11.3. The highest BCUT2D eigenvalue weighted by atomic mass is 16.5. The van der Waals surface area contributed by atoms with Crippen LogP contribution in [0.2, 0.25) is 0 Å². The molecule has 0 radical (unpaired) electrons. The number of nitrogens with one attached hydrogen (secondary N) is 1. The Morgan fingerprint density at radius 3 is 3.00 bits per heavy atom. The van der Waals surface area contributed by atoms with E-state index >= 15 is 0 Å². The van der Waals surface area contributed by atoms with Crippen molar-refractivity contribution in [1.82, 2.24) is 10.2 Å². The Balaban J connectivity index is 2.24. The van der Waals surface area contributed by atoms with Gasteiger partial charge in [0.05, 0.1) is 0 Å². The molecule has 0 aromatic heterocycles. The standard InChI is InChI=1S/C11H22N2O2/c1-9(6-7-15-3)12-10-4-5-11(14)13(2)8-10/h9-10,12H,4-8H2,1-3H3. The molecule has 1 saturated heterocycles. The number of carbonyl (C=O) groups is 1. The van der Waals surface area contributed by atoms with E-state index in [0.717, 1.165) is 26.0 Å². The van der Waals surface area contributed by atoms with Gasteiger partial charge in [-0.15, -0.1) is 0 Å². The van der Waals surface area contributed by atoms with Crippen molar-refractivity contribution < 1.29 is 9.53 Å². The van der Waals surface area contributed by atoms with E-state index in [1.165, 1.54) is 0 Å². The van der Waals surface area contributed by atoms with Gasteiger partial charge in [0.15, 0.2) is 0 Å². The van der Waals surface area contributed by atoms with E-state index < -0.39 is 0 Å². The van der Waals surface area contributed by atoms with Crippen molar-refractivity contribution in [3.8, 4) is 0 Å². The predicted molar refractivity (Wildman–Crippen MR) is 59.7 cm³/mol. The lowest BCUT2D eigenvalue weighted by Crippen LogP contribution is -2.49. The van der Waals surface area contributed by atoms with Crippen LogP contribution in [0.15, 0.2) is 0 Å². The molecule has 4 nitrogen and oxygen atoms in total. The summed E-state index contributed by atoms with van der Waals surface area (Å²) in [6.45, 7) is 3.78. The number of likely N-dealkylation sites (tertiary alicyclic amines) is 1. The molecule has 1 heterocycles. The second-order valence-corrected chi connectivity index (χ2v) is 4.36. The second kappa shape index (κ2) is 6.08. The number of likely N-dealkylation sites (N-methyl/N-ethyl adjacent to an activating group) is 1. The van der Waals surface area contributed by atoms with Crippen molar-refractivity contribution in [3.63, 3.8) is 0 Å². The molecule has 0 spiro atoms. The van der Waals surface area contributed by atoms with E-state index in [4.69, 9.17) is 4.74 Å². The summed E-state index contributed by atoms with van der Waals surface area (Å²) >= 11 is 0. The molecule has 4 heteroatoms. The van der Waals surface area contributed by atoms with Crippen molar-refractivity contribution in [2.45, 2.75) is 38.3 Å². The van der Waals surface area contributed by atoms with Crippen LogP contribution in [0.3, 0.4) is 0 Å². The molecule has 0 saturated carbocycles. The first-order valence-corrected chi connectivity index (χ1v) is 5.62. The maximum Gasteiger partial charge on any atom is 0.222 e. The molecule has 1 aliphatic rings. The Morgan fingerprint density at radius 2 is 2.40 bits per heavy atom. The van der Waals surface area contributed by atoms with E-state index in [0.29, 0.717) is 18.5 Å². The number of rotatable bonds is 5. The third kappa shape index (κ3) is 4.18. The normalized spacial score (nSPS) is 24.3. The smallest absolute Gasteiger partial charge is 0.222 e. The van der Waals surface area contributed by atoms with Crippen LogP contribution in [-0.2, 0) is 9.53 Å². The molecule has 1 rings (SSSR count). The number of nitrogens with zero attached hydrogens (tertiary/aromatic N) is 1. The summed E-state index contributed by atoms with van der Waals surface area (Å²) in [4.78, 5) is 13.1. The third-order valence-corrected chi connectivity index (χ3v) is 2.90. The van der Waals surface area contributed by atoms with Crippen LogP contribution >= 0.6 is 0 Å². The van der Waals surface area contributed by atoms with Gasteiger partial charge in [-0.1, -0.05) is 0 Å². The summed E-state index contributed by atoms with van der Waals surface area (Å²) in [5.74, 6) is 0.262. The molecule has 0 bridgehead atoms. The molecule has 1 amide bonds. The van der Waals surface area contributed by atoms with Gasteiger partial charge in [-0.25, -0.2) is 0 Å². The summed E-state index contributed by atoms with van der Waals surface area (Å²) in [5.41, 5.74) is 0. The van der Waals surface area contributed by atoms with E-state index in [1.807, 2.05) is 11.9 Å². The van der Waals surface area contributed by atoms with Gasteiger partial charge in [0.25, 0.3) is 0 Å². The summed E-state index contributed by atoms with van der Waals surface area (Å²) in [7, 11) is 3.59. The Bertz CT molecular complexity index is 209. The molecule has 88 valence electrons. The van der Waals surface area contributed by atoms with Crippen molar-refractivity contribution in [2.24, 2.45) is 0 Å². The summed E-state index contributed by atoms with van der Waals surface area (Å²) in [6, 6.07) is 0.899. The van der Waals surface area contributed by atoms with Gasteiger partial charge in [0, 0.05) is 45.8 Å². The van der Waals surface area contributed by atoms with E-state index in [2.05, 4.69) is 12.2 Å². The molecule has 15 heavy (non-hydrogen) atoms. The zero-order valence-electron chi connectivity index (χ0n) is 9.95. The Morgan fingerprint density at radius 1 is 1.67 bits per heavy atom. The molecule has 1 N–H and O–H groups in total. The lowest BCUT2D eigenvalue weighted by molar-refractivity contribution is -0.132. The van der Waals surface area contributed by atoms with Gasteiger partial charge in [-0.2, -0.15) is 0 Å². The molecule has 2 atom stereocenters. The number of methoxy groups -OCH3 is 1. The van der Waals surface area contributed by atoms with Crippen LogP contribution in [0, 0.1) is 0 Å². The van der Waals surface area contributed by atoms with Gasteiger partial charge < -0.3 is 15.0 Å². The fourth-order valence-corrected chi connectivity index (χ4v) is 1.93. The van der Waals surface area contributed by atoms with Crippen LogP contribution in [0.25, 0.3) is 0 Å². The number of ether oxygens (including phenoxy) is 1. The van der Waals surface area contributed by atoms with E-state index in [-0.39, 0.29) is 5.91 Å². The Kier molecular flexibility index (Phi) is 5.05. The van der Waals surface area contributed by atoms with Crippen LogP contribution in [0.5, 0.6) is 0 Å². The van der Waals surface area contributed by atoms with E-state index in [9.17, 15) is 4.79 Å². The molecule has 1 fully saturated rings. The minimum Gasteiger partial charge on any atom is -0.385 e. The molecular weight excluding hydrogens is 192 g/mol. The highest BCUT2D eigenvalue weighted by molar-refractivity contribution is 5.76. The lowest BCUT2D eigenvalue weighted by atomic mass is 10.0. The average Bonchev–Trinajstić information content (AvgIpc) is 2.20. The highest BCUT2D eigenvalue weighted by Crippen LogP contribution is 2.10. The van der Waals surface area contributed by atoms with Crippen LogP contribution in [-0.4, -0.2) is 50.2 Å². The number of amides is 1. The predicted octanol–water partition coefficient (Wildman–Crippen LogP) is 0.622. The lowest BCUT2D eigenvalue weighted by Gasteiger charge is -2.32. The third-order valence-electron chi connectivity index (χ3n) is 2.90. The summed E-state index contributed by atoms with van der Waals surface area (Å²) in [5, 5.41) is 3.53. The molecule has 0 aromatic carbocycles.